The molecule has 0 aromatic heterocycles. The van der Waals surface area contributed by atoms with Crippen LogP contribution in [0.25, 0.3) is 0 Å². The molecule has 1 aromatic carbocycles. The third kappa shape index (κ3) is 2.12. The van der Waals surface area contributed by atoms with E-state index in [0.717, 1.165) is 11.1 Å². The summed E-state index contributed by atoms with van der Waals surface area (Å²) in [5.41, 5.74) is 2.58. The van der Waals surface area contributed by atoms with Crippen LogP contribution in [-0.2, 0) is 9.59 Å². The van der Waals surface area contributed by atoms with Gasteiger partial charge < -0.3 is 5.32 Å². The van der Waals surface area contributed by atoms with Crippen molar-refractivity contribution in [1.29, 1.82) is 0 Å². The molecule has 1 aromatic rings. The second-order valence-electron chi connectivity index (χ2n) is 4.60. The lowest BCUT2D eigenvalue weighted by atomic mass is 10.0. The number of anilines is 1. The van der Waals surface area contributed by atoms with Gasteiger partial charge in [0.1, 0.15) is 6.54 Å². The van der Waals surface area contributed by atoms with Gasteiger partial charge in [-0.3, -0.25) is 19.3 Å². The van der Waals surface area contributed by atoms with Crippen molar-refractivity contribution in [3.05, 3.63) is 28.8 Å². The normalized spacial score (nSPS) is 13.7. The minimum Gasteiger partial charge on any atom is -0.355 e. The third-order valence-electron chi connectivity index (χ3n) is 3.20. The molecule has 0 saturated carbocycles. The van der Waals surface area contributed by atoms with Crippen LogP contribution >= 0.6 is 0 Å². The Balaban J connectivity index is 2.44. The maximum Gasteiger partial charge on any atom is 0.299 e. The lowest BCUT2D eigenvalue weighted by molar-refractivity contribution is -0.122. The van der Waals surface area contributed by atoms with Crippen molar-refractivity contribution in [2.24, 2.45) is 0 Å². The van der Waals surface area contributed by atoms with E-state index >= 15 is 0 Å². The molecule has 19 heavy (non-hydrogen) atoms. The number of amides is 2. The number of aryl methyl sites for hydroxylation is 2. The van der Waals surface area contributed by atoms with Crippen LogP contribution in [0.1, 0.15) is 28.4 Å². The first-order valence-corrected chi connectivity index (χ1v) is 6.20. The minimum absolute atomic E-state index is 0.115. The Kier molecular flexibility index (Phi) is 3.38. The highest BCUT2D eigenvalue weighted by molar-refractivity contribution is 6.53. The number of nitrogens with one attached hydrogen (secondary N) is 1. The Labute approximate surface area is 111 Å². The summed E-state index contributed by atoms with van der Waals surface area (Å²) in [4.78, 5) is 36.9. The lowest BCUT2D eigenvalue weighted by Crippen LogP contribution is -2.40. The van der Waals surface area contributed by atoms with Crippen LogP contribution in [-0.4, -0.2) is 30.7 Å². The molecule has 2 amide bonds. The van der Waals surface area contributed by atoms with Crippen molar-refractivity contribution < 1.29 is 14.4 Å². The van der Waals surface area contributed by atoms with Crippen molar-refractivity contribution in [3.63, 3.8) is 0 Å². The molecule has 1 aliphatic heterocycles. The van der Waals surface area contributed by atoms with Gasteiger partial charge in [-0.25, -0.2) is 0 Å². The topological polar surface area (TPSA) is 66.5 Å². The SMILES string of the molecule is CCNC(=O)CN1C(=O)C(=O)c2c(C)ccc(C)c21. The molecule has 100 valence electrons. The molecule has 0 spiro atoms. The van der Waals surface area contributed by atoms with Crippen molar-refractivity contribution in [3.8, 4) is 0 Å². The molecule has 0 atom stereocenters. The Morgan fingerprint density at radius 1 is 1.21 bits per heavy atom. The highest BCUT2D eigenvalue weighted by Crippen LogP contribution is 2.34. The zero-order chi connectivity index (χ0) is 14.2. The quantitative estimate of drug-likeness (QED) is 0.823. The van der Waals surface area contributed by atoms with Crippen molar-refractivity contribution >= 4 is 23.3 Å². The summed E-state index contributed by atoms with van der Waals surface area (Å²) in [5, 5.41) is 2.63. The molecule has 5 heteroatoms. The summed E-state index contributed by atoms with van der Waals surface area (Å²) in [5.74, 6) is -1.42. The third-order valence-corrected chi connectivity index (χ3v) is 3.20. The van der Waals surface area contributed by atoms with Crippen molar-refractivity contribution in [1.82, 2.24) is 5.32 Å². The molecule has 1 N–H and O–H groups in total. The molecule has 0 radical (unpaired) electrons. The number of rotatable bonds is 3. The largest absolute Gasteiger partial charge is 0.355 e. The van der Waals surface area contributed by atoms with E-state index < -0.39 is 11.7 Å². The standard InChI is InChI=1S/C14H16N2O3/c1-4-15-10(17)7-16-12-9(3)6-5-8(2)11(12)13(18)14(16)19/h5-6H,4,7H2,1-3H3,(H,15,17). The minimum atomic E-state index is -0.626. The molecule has 1 heterocycles. The highest BCUT2D eigenvalue weighted by Gasteiger charge is 2.38. The Morgan fingerprint density at radius 2 is 1.84 bits per heavy atom. The molecule has 1 aliphatic rings. The summed E-state index contributed by atoms with van der Waals surface area (Å²) >= 11 is 0. The van der Waals surface area contributed by atoms with E-state index in [2.05, 4.69) is 5.32 Å². The van der Waals surface area contributed by atoms with Gasteiger partial charge in [-0.15, -0.1) is 0 Å². The smallest absolute Gasteiger partial charge is 0.299 e. The molecule has 2 rings (SSSR count). The van der Waals surface area contributed by atoms with Gasteiger partial charge in [0, 0.05) is 6.54 Å². The van der Waals surface area contributed by atoms with Crippen molar-refractivity contribution in [2.75, 3.05) is 18.0 Å². The van der Waals surface area contributed by atoms with E-state index in [1.165, 1.54) is 4.90 Å². The zero-order valence-electron chi connectivity index (χ0n) is 11.2. The zero-order valence-corrected chi connectivity index (χ0v) is 11.2. The summed E-state index contributed by atoms with van der Waals surface area (Å²) in [7, 11) is 0. The van der Waals surface area contributed by atoms with E-state index in [1.807, 2.05) is 19.1 Å². The van der Waals surface area contributed by atoms with Crippen LogP contribution in [0.4, 0.5) is 5.69 Å². The van der Waals surface area contributed by atoms with Gasteiger partial charge in [-0.1, -0.05) is 12.1 Å². The van der Waals surface area contributed by atoms with E-state index in [0.29, 0.717) is 17.8 Å². The van der Waals surface area contributed by atoms with Gasteiger partial charge in [-0.2, -0.15) is 0 Å². The number of fused-ring (bicyclic) bond motifs is 1. The van der Waals surface area contributed by atoms with Crippen LogP contribution in [0.5, 0.6) is 0 Å². The van der Waals surface area contributed by atoms with Crippen LogP contribution in [0, 0.1) is 13.8 Å². The van der Waals surface area contributed by atoms with E-state index in [4.69, 9.17) is 0 Å². The number of hydrogen-bond acceptors (Lipinski definition) is 3. The van der Waals surface area contributed by atoms with Gasteiger partial charge in [0.15, 0.2) is 0 Å². The molecule has 0 saturated heterocycles. The molecular weight excluding hydrogens is 244 g/mol. The molecular formula is C14H16N2O3. The second-order valence-corrected chi connectivity index (χ2v) is 4.60. The molecule has 0 aliphatic carbocycles. The fraction of sp³-hybridized carbons (Fsp3) is 0.357. The van der Waals surface area contributed by atoms with Crippen molar-refractivity contribution in [2.45, 2.75) is 20.8 Å². The predicted octanol–water partition coefficient (Wildman–Crippen LogP) is 0.969. The fourth-order valence-corrected chi connectivity index (χ4v) is 2.31. The fourth-order valence-electron chi connectivity index (χ4n) is 2.31. The summed E-state index contributed by atoms with van der Waals surface area (Å²) in [6.07, 6.45) is 0. The van der Waals surface area contributed by atoms with Crippen LogP contribution in [0.3, 0.4) is 0 Å². The van der Waals surface area contributed by atoms with Gasteiger partial charge in [0.05, 0.1) is 11.3 Å². The second kappa shape index (κ2) is 4.84. The number of benzene rings is 1. The Bertz CT molecular complexity index is 578. The van der Waals surface area contributed by atoms with Gasteiger partial charge in [0.25, 0.3) is 11.7 Å². The Hall–Kier alpha value is -2.17. The number of nitrogens with zero attached hydrogens (tertiary/aromatic N) is 1. The number of hydrogen-bond donors (Lipinski definition) is 1. The maximum atomic E-state index is 12.0. The van der Waals surface area contributed by atoms with Crippen LogP contribution in [0.2, 0.25) is 0 Å². The highest BCUT2D eigenvalue weighted by atomic mass is 16.2. The summed E-state index contributed by atoms with van der Waals surface area (Å²) < 4.78 is 0. The van der Waals surface area contributed by atoms with Crippen LogP contribution < -0.4 is 10.2 Å². The number of likely N-dealkylation sites (N-methyl/N-ethyl adjacent to an activating group) is 1. The predicted molar refractivity (Wildman–Crippen MR) is 71.3 cm³/mol. The number of carbonyl (C=O) groups is 3. The van der Waals surface area contributed by atoms with E-state index in [1.54, 1.807) is 13.8 Å². The average molecular weight is 260 g/mol. The first-order chi connectivity index (χ1) is 8.97. The van der Waals surface area contributed by atoms with E-state index in [9.17, 15) is 14.4 Å². The van der Waals surface area contributed by atoms with Gasteiger partial charge in [-0.05, 0) is 31.9 Å². The average Bonchev–Trinajstić information content (AvgIpc) is 2.60. The molecule has 0 unspecified atom stereocenters. The number of ketones is 1. The van der Waals surface area contributed by atoms with Gasteiger partial charge in [0.2, 0.25) is 5.91 Å². The first kappa shape index (κ1) is 13.3. The molecule has 5 nitrogen and oxygen atoms in total. The molecule has 0 fully saturated rings. The van der Waals surface area contributed by atoms with E-state index in [-0.39, 0.29) is 12.5 Å². The molecule has 0 bridgehead atoms. The monoisotopic (exact) mass is 260 g/mol. The van der Waals surface area contributed by atoms with Crippen LogP contribution in [0.15, 0.2) is 12.1 Å². The first-order valence-electron chi connectivity index (χ1n) is 6.20. The maximum absolute atomic E-state index is 12.0. The number of carbonyl (C=O) groups excluding carboxylic acids is 3. The number of Topliss-reactive ketones (excluding diaryl/α,β-unsaturated/α-hetero) is 1. The van der Waals surface area contributed by atoms with Gasteiger partial charge >= 0.3 is 0 Å². The summed E-state index contributed by atoms with van der Waals surface area (Å²) in [6, 6.07) is 3.67. The Morgan fingerprint density at radius 3 is 2.47 bits per heavy atom. The summed E-state index contributed by atoms with van der Waals surface area (Å²) in [6.45, 7) is 5.80. The lowest BCUT2D eigenvalue weighted by Gasteiger charge is -2.18.